The van der Waals surface area contributed by atoms with E-state index in [1.807, 2.05) is 30.3 Å². The molecular formula is C21H19NO4S. The van der Waals surface area contributed by atoms with E-state index in [1.54, 1.807) is 43.5 Å². The van der Waals surface area contributed by atoms with Gasteiger partial charge < -0.3 is 9.47 Å². The minimum absolute atomic E-state index is 0.152. The number of hydrogen-bond donors (Lipinski definition) is 0. The highest BCUT2D eigenvalue weighted by Crippen LogP contribution is 2.39. The van der Waals surface area contributed by atoms with E-state index in [1.165, 1.54) is 4.31 Å². The van der Waals surface area contributed by atoms with Crippen LogP contribution in [0.3, 0.4) is 0 Å². The maximum absolute atomic E-state index is 13.5. The van der Waals surface area contributed by atoms with E-state index in [0.717, 1.165) is 10.8 Å². The fourth-order valence-corrected chi connectivity index (χ4v) is 4.70. The van der Waals surface area contributed by atoms with Crippen LogP contribution in [0.25, 0.3) is 10.8 Å². The predicted molar refractivity (Wildman–Crippen MR) is 106 cm³/mol. The Hall–Kier alpha value is -2.99. The van der Waals surface area contributed by atoms with Gasteiger partial charge in [-0.1, -0.05) is 36.9 Å². The monoisotopic (exact) mass is 381 g/mol. The summed E-state index contributed by atoms with van der Waals surface area (Å²) in [5.74, 6) is 1.05. The van der Waals surface area contributed by atoms with Crippen molar-refractivity contribution in [1.29, 1.82) is 0 Å². The number of benzene rings is 3. The van der Waals surface area contributed by atoms with Gasteiger partial charge in [0.15, 0.2) is 0 Å². The highest BCUT2D eigenvalue weighted by Gasteiger charge is 2.34. The van der Waals surface area contributed by atoms with Crippen molar-refractivity contribution in [2.75, 3.05) is 18.0 Å². The third-order valence-corrected chi connectivity index (χ3v) is 6.41. The van der Waals surface area contributed by atoms with Gasteiger partial charge in [0, 0.05) is 6.07 Å². The smallest absolute Gasteiger partial charge is 0.264 e. The molecule has 0 bridgehead atoms. The van der Waals surface area contributed by atoms with E-state index in [4.69, 9.17) is 9.47 Å². The molecular weight excluding hydrogens is 362 g/mol. The average molecular weight is 381 g/mol. The molecule has 1 aliphatic heterocycles. The summed E-state index contributed by atoms with van der Waals surface area (Å²) in [6.45, 7) is 3.90. The van der Waals surface area contributed by atoms with Crippen LogP contribution < -0.4 is 13.8 Å². The summed E-state index contributed by atoms with van der Waals surface area (Å²) in [5, 5.41) is 1.86. The van der Waals surface area contributed by atoms with Gasteiger partial charge in [0.1, 0.15) is 17.6 Å². The molecule has 6 heteroatoms. The van der Waals surface area contributed by atoms with Gasteiger partial charge in [-0.05, 0) is 41.1 Å². The summed E-state index contributed by atoms with van der Waals surface area (Å²) in [6.07, 6.45) is 1.18. The van der Waals surface area contributed by atoms with Crippen molar-refractivity contribution in [2.24, 2.45) is 0 Å². The molecule has 1 atom stereocenters. The third-order valence-electron chi connectivity index (χ3n) is 4.63. The second-order valence-corrected chi connectivity index (χ2v) is 8.13. The Labute approximate surface area is 158 Å². The first-order chi connectivity index (χ1) is 13.0. The number of methoxy groups -OCH3 is 1. The first kappa shape index (κ1) is 17.4. The maximum Gasteiger partial charge on any atom is 0.264 e. The van der Waals surface area contributed by atoms with Crippen LogP contribution in [-0.2, 0) is 10.0 Å². The number of sulfonamides is 1. The van der Waals surface area contributed by atoms with E-state index in [2.05, 4.69) is 6.58 Å². The van der Waals surface area contributed by atoms with Gasteiger partial charge in [0.25, 0.3) is 10.0 Å². The van der Waals surface area contributed by atoms with Crippen LogP contribution in [0.2, 0.25) is 0 Å². The Kier molecular flexibility index (Phi) is 4.28. The molecule has 4 rings (SSSR count). The largest absolute Gasteiger partial charge is 0.497 e. The molecule has 138 valence electrons. The average Bonchev–Trinajstić information content (AvgIpc) is 2.72. The van der Waals surface area contributed by atoms with Crippen LogP contribution >= 0.6 is 0 Å². The molecule has 5 nitrogen and oxygen atoms in total. The second-order valence-electron chi connectivity index (χ2n) is 6.27. The van der Waals surface area contributed by atoms with Gasteiger partial charge in [-0.15, -0.1) is 0 Å². The van der Waals surface area contributed by atoms with Crippen LogP contribution in [0.5, 0.6) is 11.5 Å². The summed E-state index contributed by atoms with van der Waals surface area (Å²) < 4.78 is 39.4. The van der Waals surface area contributed by atoms with Gasteiger partial charge in [-0.25, -0.2) is 8.42 Å². The minimum Gasteiger partial charge on any atom is -0.497 e. The Balaban J connectivity index is 1.85. The molecule has 1 heterocycles. The molecule has 0 radical (unpaired) electrons. The molecule has 27 heavy (non-hydrogen) atoms. The van der Waals surface area contributed by atoms with Gasteiger partial charge in [-0.2, -0.15) is 0 Å². The van der Waals surface area contributed by atoms with Gasteiger partial charge in [0.05, 0.1) is 24.2 Å². The highest BCUT2D eigenvalue weighted by atomic mass is 32.2. The quantitative estimate of drug-likeness (QED) is 0.641. The number of hydrogen-bond acceptors (Lipinski definition) is 4. The predicted octanol–water partition coefficient (Wildman–Crippen LogP) is 3.99. The van der Waals surface area contributed by atoms with E-state index in [-0.39, 0.29) is 11.4 Å². The van der Waals surface area contributed by atoms with Crippen molar-refractivity contribution < 1.29 is 17.9 Å². The van der Waals surface area contributed by atoms with E-state index >= 15 is 0 Å². The second kappa shape index (κ2) is 6.63. The zero-order valence-electron chi connectivity index (χ0n) is 14.8. The van der Waals surface area contributed by atoms with Crippen LogP contribution in [0.15, 0.2) is 78.2 Å². The van der Waals surface area contributed by atoms with Crippen molar-refractivity contribution in [1.82, 2.24) is 0 Å². The first-order valence-electron chi connectivity index (χ1n) is 8.52. The Morgan fingerprint density at radius 1 is 1.11 bits per heavy atom. The number of rotatable bonds is 4. The lowest BCUT2D eigenvalue weighted by Gasteiger charge is -2.34. The van der Waals surface area contributed by atoms with E-state index in [9.17, 15) is 8.42 Å². The summed E-state index contributed by atoms with van der Waals surface area (Å²) in [5.41, 5.74) is 0.459. The zero-order chi connectivity index (χ0) is 19.0. The van der Waals surface area contributed by atoms with Gasteiger partial charge in [-0.3, -0.25) is 4.31 Å². The normalized spacial score (nSPS) is 16.5. The summed E-state index contributed by atoms with van der Waals surface area (Å²) in [6, 6.07) is 18.0. The number of ether oxygens (including phenoxy) is 2. The third kappa shape index (κ3) is 3.02. The summed E-state index contributed by atoms with van der Waals surface area (Å²) in [4.78, 5) is 0.236. The standard InChI is InChI=1S/C21H19NO4S/c1-3-17-14-22(20-13-18(25-2)9-11-21(20)26-17)27(23,24)19-10-8-15-6-4-5-7-16(15)12-19/h3-13,17H,1,14H2,2H3/t17-/m0/s1. The molecule has 0 spiro atoms. The van der Waals surface area contributed by atoms with Crippen molar-refractivity contribution in [3.8, 4) is 11.5 Å². The fraction of sp³-hybridized carbons (Fsp3) is 0.143. The van der Waals surface area contributed by atoms with E-state index in [0.29, 0.717) is 17.2 Å². The van der Waals surface area contributed by atoms with Crippen LogP contribution in [-0.4, -0.2) is 28.2 Å². The molecule has 0 saturated carbocycles. The molecule has 3 aromatic rings. The van der Waals surface area contributed by atoms with Crippen molar-refractivity contribution in [3.05, 3.63) is 73.3 Å². The molecule has 0 N–H and O–H groups in total. The number of anilines is 1. The molecule has 0 amide bonds. The van der Waals surface area contributed by atoms with Crippen molar-refractivity contribution in [2.45, 2.75) is 11.0 Å². The topological polar surface area (TPSA) is 55.8 Å². The Morgan fingerprint density at radius 3 is 2.63 bits per heavy atom. The molecule has 3 aromatic carbocycles. The molecule has 0 saturated heterocycles. The van der Waals surface area contributed by atoms with Gasteiger partial charge >= 0.3 is 0 Å². The minimum atomic E-state index is -3.78. The van der Waals surface area contributed by atoms with E-state index < -0.39 is 16.1 Å². The fourth-order valence-electron chi connectivity index (χ4n) is 3.19. The zero-order valence-corrected chi connectivity index (χ0v) is 15.6. The molecule has 0 aliphatic carbocycles. The van der Waals surface area contributed by atoms with Crippen molar-refractivity contribution in [3.63, 3.8) is 0 Å². The molecule has 0 unspecified atom stereocenters. The first-order valence-corrected chi connectivity index (χ1v) is 9.96. The lowest BCUT2D eigenvalue weighted by atomic mass is 10.1. The summed E-state index contributed by atoms with van der Waals surface area (Å²) in [7, 11) is -2.24. The molecule has 0 fully saturated rings. The Morgan fingerprint density at radius 2 is 1.89 bits per heavy atom. The molecule has 0 aromatic heterocycles. The lowest BCUT2D eigenvalue weighted by Crippen LogP contribution is -2.42. The Bertz CT molecular complexity index is 1120. The van der Waals surface area contributed by atoms with Crippen LogP contribution in [0.4, 0.5) is 5.69 Å². The number of fused-ring (bicyclic) bond motifs is 2. The molecule has 1 aliphatic rings. The highest BCUT2D eigenvalue weighted by molar-refractivity contribution is 7.92. The van der Waals surface area contributed by atoms with Gasteiger partial charge in [0.2, 0.25) is 0 Å². The number of nitrogens with zero attached hydrogens (tertiary/aromatic N) is 1. The lowest BCUT2D eigenvalue weighted by molar-refractivity contribution is 0.246. The van der Waals surface area contributed by atoms with Crippen LogP contribution in [0.1, 0.15) is 0 Å². The maximum atomic E-state index is 13.5. The SMILES string of the molecule is C=C[C@H]1CN(S(=O)(=O)c2ccc3ccccc3c2)c2cc(OC)ccc2O1. The van der Waals surface area contributed by atoms with Crippen molar-refractivity contribution >= 4 is 26.5 Å². The van der Waals surface area contributed by atoms with Crippen LogP contribution in [0, 0.1) is 0 Å². The summed E-state index contributed by atoms with van der Waals surface area (Å²) >= 11 is 0.